The number of esters is 1. The van der Waals surface area contributed by atoms with Gasteiger partial charge in [0.15, 0.2) is 30.8 Å². The molecule has 8 rings (SSSR count). The highest BCUT2D eigenvalue weighted by Gasteiger charge is 2.72. The van der Waals surface area contributed by atoms with Gasteiger partial charge in [-0.3, -0.25) is 14.4 Å². The van der Waals surface area contributed by atoms with Crippen LogP contribution in [0.15, 0.2) is 11.6 Å². The number of carboxylic acid groups (broad SMARTS) is 2. The third-order valence-electron chi connectivity index (χ3n) is 19.7. The number of carbonyl (C=O) groups is 4. The molecule has 0 aromatic rings. The van der Waals surface area contributed by atoms with E-state index in [1.54, 1.807) is 13.0 Å². The lowest BCUT2D eigenvalue weighted by atomic mass is 9.33. The molecule has 0 aromatic carbocycles. The number of hydrogen-bond donors (Lipinski definition) is 10. The molecule has 0 spiro atoms. The fraction of sp³-hybridized carbons (Fsp3) is 0.880. The van der Waals surface area contributed by atoms with E-state index in [0.29, 0.717) is 38.5 Å². The molecular weight excluding hydrogens is 937 g/mol. The van der Waals surface area contributed by atoms with E-state index in [9.17, 15) is 65.4 Å². The van der Waals surface area contributed by atoms with Gasteiger partial charge < -0.3 is 84.2 Å². The Bertz CT molecular complexity index is 2100. The van der Waals surface area contributed by atoms with Crippen LogP contribution in [0.5, 0.6) is 0 Å². The third kappa shape index (κ3) is 8.53. The first kappa shape index (κ1) is 54.5. The van der Waals surface area contributed by atoms with Crippen molar-refractivity contribution in [3.8, 4) is 0 Å². The Morgan fingerprint density at radius 1 is 0.676 bits per heavy atom. The topological polar surface area (TPSA) is 335 Å². The van der Waals surface area contributed by atoms with E-state index in [-0.39, 0.29) is 30.5 Å². The lowest BCUT2D eigenvalue weighted by molar-refractivity contribution is -0.395. The summed E-state index contributed by atoms with van der Waals surface area (Å²) >= 11 is 0. The average Bonchev–Trinajstić information content (AvgIpc) is 3.28. The molecule has 0 unspecified atom stereocenters. The van der Waals surface area contributed by atoms with E-state index in [0.717, 1.165) is 5.57 Å². The summed E-state index contributed by atoms with van der Waals surface area (Å²) in [4.78, 5) is 53.0. The second-order valence-corrected chi connectivity index (χ2v) is 24.0. The van der Waals surface area contributed by atoms with E-state index >= 15 is 4.79 Å². The average molecular weight is 1010 g/mol. The van der Waals surface area contributed by atoms with Gasteiger partial charge in [-0.15, -0.1) is 0 Å². The quantitative estimate of drug-likeness (QED) is 0.105. The number of aliphatic hydroxyl groups is 8. The van der Waals surface area contributed by atoms with Crippen molar-refractivity contribution in [2.75, 3.05) is 6.61 Å². The Morgan fingerprint density at radius 3 is 1.90 bits per heavy atom. The van der Waals surface area contributed by atoms with Crippen LogP contribution in [0.3, 0.4) is 0 Å². The van der Waals surface area contributed by atoms with Crippen molar-refractivity contribution in [1.82, 2.24) is 0 Å². The van der Waals surface area contributed by atoms with Crippen LogP contribution < -0.4 is 0 Å². The zero-order chi connectivity index (χ0) is 52.5. The zero-order valence-electron chi connectivity index (χ0n) is 42.0. The Balaban J connectivity index is 1.08. The second kappa shape index (κ2) is 18.8. The normalized spacial score (nSPS) is 52.7. The molecule has 21 nitrogen and oxygen atoms in total. The van der Waals surface area contributed by atoms with Crippen LogP contribution in [0.2, 0.25) is 0 Å². The molecule has 3 aliphatic heterocycles. The van der Waals surface area contributed by atoms with Gasteiger partial charge in [-0.1, -0.05) is 47.1 Å². The Kier molecular flexibility index (Phi) is 14.5. The molecule has 25 atom stereocenters. The molecule has 7 fully saturated rings. The van der Waals surface area contributed by atoms with Crippen LogP contribution in [-0.4, -0.2) is 186 Å². The molecule has 3 saturated heterocycles. The number of ketones is 1. The summed E-state index contributed by atoms with van der Waals surface area (Å²) in [7, 11) is 0. The SMILES string of the molecule is CC(=O)O[C@H]1C[C@@](C)(C(=O)O)C[C@H]2C3=CC(=O)[C@H]4[C@]5(C)CC[C@@H](O[C@@H]6O[C@H](C(=O)O)[C@@H](O)[C@H](O)[C@H]6O[C@H]6O[C@@H](CO)[C@H](O)[C@@H](O)[C@@H]6O[C@H]6O[C@H](C)[C@@H](O)[C@H](O)[C@@H]6O)C(C)(C)[C@H]5CC[C@]4(C)[C@@]3(C)CC[C@]12C. The highest BCUT2D eigenvalue weighted by atomic mass is 16.8. The zero-order valence-corrected chi connectivity index (χ0v) is 42.0. The minimum Gasteiger partial charge on any atom is -0.481 e. The molecule has 3 heterocycles. The molecule has 0 amide bonds. The van der Waals surface area contributed by atoms with Crippen molar-refractivity contribution in [3.05, 3.63) is 11.6 Å². The van der Waals surface area contributed by atoms with Crippen molar-refractivity contribution < 1.29 is 103 Å². The van der Waals surface area contributed by atoms with Gasteiger partial charge in [0, 0.05) is 24.7 Å². The van der Waals surface area contributed by atoms with Crippen LogP contribution in [-0.2, 0) is 52.3 Å². The van der Waals surface area contributed by atoms with Gasteiger partial charge in [-0.2, -0.15) is 0 Å². The monoisotopic (exact) mass is 1010 g/mol. The molecule has 0 bridgehead atoms. The maximum atomic E-state index is 15.2. The number of rotatable bonds is 10. The molecule has 21 heteroatoms. The van der Waals surface area contributed by atoms with E-state index in [1.165, 1.54) is 13.8 Å². The smallest absolute Gasteiger partial charge is 0.335 e. The van der Waals surface area contributed by atoms with Gasteiger partial charge in [0.05, 0.1) is 24.2 Å². The largest absolute Gasteiger partial charge is 0.481 e. The molecule has 402 valence electrons. The summed E-state index contributed by atoms with van der Waals surface area (Å²) in [5.41, 5.74) is -3.38. The summed E-state index contributed by atoms with van der Waals surface area (Å²) in [6, 6.07) is 0. The van der Waals surface area contributed by atoms with Gasteiger partial charge in [-0.25, -0.2) is 4.79 Å². The van der Waals surface area contributed by atoms with Gasteiger partial charge >= 0.3 is 17.9 Å². The highest BCUT2D eigenvalue weighted by molar-refractivity contribution is 5.95. The molecule has 10 N–H and O–H groups in total. The summed E-state index contributed by atoms with van der Waals surface area (Å²) in [5.74, 6) is -4.14. The van der Waals surface area contributed by atoms with E-state index in [2.05, 4.69) is 27.7 Å². The number of carboxylic acids is 2. The maximum Gasteiger partial charge on any atom is 0.335 e. The van der Waals surface area contributed by atoms with Gasteiger partial charge in [-0.05, 0) is 98.4 Å². The number of allylic oxidation sites excluding steroid dienone is 2. The van der Waals surface area contributed by atoms with Gasteiger partial charge in [0.25, 0.3) is 0 Å². The number of hydrogen-bond acceptors (Lipinski definition) is 19. The van der Waals surface area contributed by atoms with Crippen LogP contribution in [0.25, 0.3) is 0 Å². The lowest BCUT2D eigenvalue weighted by Crippen LogP contribution is -2.68. The molecule has 71 heavy (non-hydrogen) atoms. The van der Waals surface area contributed by atoms with Crippen LogP contribution in [0.4, 0.5) is 0 Å². The number of carbonyl (C=O) groups excluding carboxylic acids is 2. The first-order valence-electron chi connectivity index (χ1n) is 25.1. The first-order chi connectivity index (χ1) is 32.9. The number of fused-ring (bicyclic) bond motifs is 7. The second-order valence-electron chi connectivity index (χ2n) is 24.0. The first-order valence-corrected chi connectivity index (χ1v) is 25.1. The minimum atomic E-state index is -2.10. The molecule has 8 aliphatic rings. The van der Waals surface area contributed by atoms with Crippen molar-refractivity contribution in [2.45, 2.75) is 218 Å². The fourth-order valence-corrected chi connectivity index (χ4v) is 15.3. The summed E-state index contributed by atoms with van der Waals surface area (Å²) in [6.07, 6.45) is -22.5. The van der Waals surface area contributed by atoms with E-state index < -0.39 is 167 Å². The van der Waals surface area contributed by atoms with Crippen molar-refractivity contribution >= 4 is 23.7 Å². The summed E-state index contributed by atoms with van der Waals surface area (Å²) < 4.78 is 42.1. The Hall–Kier alpha value is -2.74. The Morgan fingerprint density at radius 2 is 1.30 bits per heavy atom. The minimum absolute atomic E-state index is 0.0484. The van der Waals surface area contributed by atoms with Crippen molar-refractivity contribution in [1.29, 1.82) is 0 Å². The molecule has 5 aliphatic carbocycles. The lowest BCUT2D eigenvalue weighted by Gasteiger charge is -2.71. The predicted octanol–water partition coefficient (Wildman–Crippen LogP) is 0.547. The third-order valence-corrected chi connectivity index (χ3v) is 19.7. The van der Waals surface area contributed by atoms with Crippen LogP contribution in [0, 0.1) is 50.2 Å². The number of ether oxygens (including phenoxy) is 7. The fourth-order valence-electron chi connectivity index (χ4n) is 15.3. The standard InChI is InChI=1S/C50H76O21/c1-20-29(54)31(56)35(60)41(65-20)70-37-32(57)30(55)25(19-51)67-42(37)71-38-34(59)33(58)36(40(61)62)69-43(38)68-27-11-12-48(7)26(45(27,3)4)10-13-50(9)39(48)24(53)16-22-23-17-46(5,44(63)64)18-28(66-21(2)52)47(23,6)14-15-49(22,50)8/h16,20,23,25-39,41-43,51,54-60H,10-15,17-19H2,1-9H3,(H,61,62)(H,63,64)/t20-,23+,25+,26-,27-,28+,29-,30+,31+,32-,33+,34+,35+,36+,37+,38-,39+,41-,42-,43-,46+,47+,48-,49+,50+/m1/s1. The molecule has 4 saturated carbocycles. The summed E-state index contributed by atoms with van der Waals surface area (Å²) in [5, 5.41) is 107. The van der Waals surface area contributed by atoms with Crippen LogP contribution in [0.1, 0.15) is 114 Å². The van der Waals surface area contributed by atoms with Gasteiger partial charge in [0.1, 0.15) is 67.1 Å². The maximum absolute atomic E-state index is 15.2. The Labute approximate surface area is 412 Å². The molecular formula is C50H76O21. The molecule has 0 aromatic heterocycles. The number of aliphatic hydroxyl groups excluding tert-OH is 8. The van der Waals surface area contributed by atoms with Crippen molar-refractivity contribution in [2.24, 2.45) is 50.2 Å². The summed E-state index contributed by atoms with van der Waals surface area (Å²) in [6.45, 7) is 16.1. The van der Waals surface area contributed by atoms with Crippen LogP contribution >= 0.6 is 0 Å². The van der Waals surface area contributed by atoms with E-state index in [4.69, 9.17) is 33.2 Å². The van der Waals surface area contributed by atoms with E-state index in [1.807, 2.05) is 13.8 Å². The van der Waals surface area contributed by atoms with Crippen molar-refractivity contribution in [3.63, 3.8) is 0 Å². The number of aliphatic carboxylic acids is 2. The molecule has 0 radical (unpaired) electrons. The predicted molar refractivity (Wildman–Crippen MR) is 241 cm³/mol. The highest BCUT2D eigenvalue weighted by Crippen LogP contribution is 2.75. The van der Waals surface area contributed by atoms with Gasteiger partial charge in [0.2, 0.25) is 0 Å².